The van der Waals surface area contributed by atoms with Crippen molar-refractivity contribution in [3.8, 4) is 17.2 Å². The maximum absolute atomic E-state index is 15.8. The Hall–Kier alpha value is -4.65. The molecule has 2 aliphatic heterocycles. The van der Waals surface area contributed by atoms with E-state index in [1.54, 1.807) is 24.3 Å². The number of benzene rings is 2. The predicted molar refractivity (Wildman–Crippen MR) is 145 cm³/mol. The van der Waals surface area contributed by atoms with Crippen molar-refractivity contribution in [1.29, 1.82) is 5.41 Å². The Bertz CT molecular complexity index is 1430. The molecule has 2 aromatic carbocycles. The number of carbonyl (C=O) groups is 1. The van der Waals surface area contributed by atoms with Crippen LogP contribution in [0.2, 0.25) is 0 Å². The molecule has 0 saturated carbocycles. The fourth-order valence-corrected chi connectivity index (χ4v) is 4.42. The molecule has 2 aliphatic rings. The molecular weight excluding hydrogens is 540 g/mol. The molecule has 2 aromatic rings. The molecule has 41 heavy (non-hydrogen) atoms. The number of phenolic OH excluding ortho intramolecular Hbond substituents is 1. The van der Waals surface area contributed by atoms with E-state index < -0.39 is 41.1 Å². The fraction of sp³-hybridized carbons (Fsp3) is 0.321. The number of nitrogens with one attached hydrogen (secondary N) is 1. The number of allylic oxidation sites excluding steroid dienone is 2. The van der Waals surface area contributed by atoms with Crippen molar-refractivity contribution in [2.24, 2.45) is 10.7 Å². The first-order chi connectivity index (χ1) is 19.6. The first kappa shape index (κ1) is 29.3. The Morgan fingerprint density at radius 2 is 1.98 bits per heavy atom. The quantitative estimate of drug-likeness (QED) is 0.142. The third kappa shape index (κ3) is 6.74. The van der Waals surface area contributed by atoms with Crippen molar-refractivity contribution in [3.63, 3.8) is 0 Å². The van der Waals surface area contributed by atoms with Crippen LogP contribution in [0.1, 0.15) is 43.2 Å². The number of halogens is 2. The van der Waals surface area contributed by atoms with Crippen molar-refractivity contribution in [2.75, 3.05) is 20.1 Å². The number of hydrogen-bond acceptors (Lipinski definition) is 9. The topological polar surface area (TPSA) is 165 Å². The van der Waals surface area contributed by atoms with Crippen LogP contribution in [0.15, 0.2) is 70.6 Å². The molecule has 11 nitrogen and oxygen atoms in total. The third-order valence-corrected chi connectivity index (χ3v) is 6.58. The van der Waals surface area contributed by atoms with Crippen molar-refractivity contribution in [2.45, 2.75) is 38.3 Å². The van der Waals surface area contributed by atoms with Gasteiger partial charge in [0.2, 0.25) is 0 Å². The predicted octanol–water partition coefficient (Wildman–Crippen LogP) is 4.25. The lowest BCUT2D eigenvalue weighted by Crippen LogP contribution is -2.42. The number of aromatic hydroxyl groups is 1. The van der Waals surface area contributed by atoms with E-state index in [9.17, 15) is 15.1 Å². The molecule has 0 radical (unpaired) electrons. The number of nitrogens with two attached hydrogens (primary N) is 1. The van der Waals surface area contributed by atoms with Crippen molar-refractivity contribution in [3.05, 3.63) is 76.7 Å². The van der Waals surface area contributed by atoms with E-state index in [0.717, 1.165) is 6.54 Å². The van der Waals surface area contributed by atoms with Gasteiger partial charge in [0.05, 0.1) is 6.54 Å². The Labute approximate surface area is 234 Å². The van der Waals surface area contributed by atoms with Crippen LogP contribution in [0.4, 0.5) is 8.78 Å². The second-order valence-electron chi connectivity index (χ2n) is 9.57. The van der Waals surface area contributed by atoms with Crippen LogP contribution in [0.25, 0.3) is 0 Å². The van der Waals surface area contributed by atoms with E-state index in [4.69, 9.17) is 25.7 Å². The smallest absolute Gasteiger partial charge is 0.303 e. The number of likely N-dealkylation sites (N-methyl/N-ethyl adjacent to an activating group) is 1. The van der Waals surface area contributed by atoms with Crippen molar-refractivity contribution >= 4 is 17.6 Å². The second-order valence-corrected chi connectivity index (χ2v) is 9.57. The summed E-state index contributed by atoms with van der Waals surface area (Å²) in [5.74, 6) is -4.39. The number of aliphatic imine (C=N–C) groups is 1. The molecule has 0 fully saturated rings. The largest absolute Gasteiger partial charge is 0.504 e. The number of carboxylic acids is 1. The Kier molecular flexibility index (Phi) is 9.07. The molecular formula is C28H31F2N5O6. The van der Waals surface area contributed by atoms with Gasteiger partial charge in [-0.2, -0.15) is 5.06 Å². The minimum Gasteiger partial charge on any atom is -0.504 e. The van der Waals surface area contributed by atoms with Gasteiger partial charge < -0.3 is 30.3 Å². The van der Waals surface area contributed by atoms with Gasteiger partial charge >= 0.3 is 5.97 Å². The summed E-state index contributed by atoms with van der Waals surface area (Å²) in [6.45, 7) is 1.36. The number of hydrogen-bond donors (Lipinski definition) is 5. The van der Waals surface area contributed by atoms with Crippen LogP contribution in [0.5, 0.6) is 17.2 Å². The van der Waals surface area contributed by atoms with E-state index in [0.29, 0.717) is 30.8 Å². The van der Waals surface area contributed by atoms with Crippen molar-refractivity contribution in [1.82, 2.24) is 9.96 Å². The van der Waals surface area contributed by atoms with Gasteiger partial charge in [0.25, 0.3) is 12.1 Å². The molecule has 6 N–H and O–H groups in total. The summed E-state index contributed by atoms with van der Waals surface area (Å²) in [6.07, 6.45) is -1.11. The third-order valence-electron chi connectivity index (χ3n) is 6.58. The monoisotopic (exact) mass is 571 g/mol. The molecule has 1 atom stereocenters. The van der Waals surface area contributed by atoms with Gasteiger partial charge in [-0.3, -0.25) is 20.4 Å². The number of carboxylic acid groups (broad SMARTS) is 1. The normalized spacial score (nSPS) is 17.2. The molecule has 0 saturated heterocycles. The van der Waals surface area contributed by atoms with E-state index in [-0.39, 0.29) is 47.2 Å². The van der Waals surface area contributed by atoms with Crippen LogP contribution < -0.4 is 15.2 Å². The number of nitrogen functional groups attached to an aromatic ring is 1. The van der Waals surface area contributed by atoms with Crippen LogP contribution in [-0.2, 0) is 4.79 Å². The number of hydroxylamine groups is 2. The van der Waals surface area contributed by atoms with Crippen molar-refractivity contribution < 1.29 is 38.5 Å². The maximum atomic E-state index is 15.8. The number of phenols is 1. The zero-order chi connectivity index (χ0) is 29.7. The van der Waals surface area contributed by atoms with E-state index in [2.05, 4.69) is 4.99 Å². The van der Waals surface area contributed by atoms with Crippen LogP contribution in [-0.4, -0.2) is 69.4 Å². The molecule has 13 heteroatoms. The van der Waals surface area contributed by atoms with E-state index in [1.807, 2.05) is 11.9 Å². The van der Waals surface area contributed by atoms with Gasteiger partial charge in [0.1, 0.15) is 17.4 Å². The number of nitrogens with zero attached hydrogens (tertiary/aromatic N) is 3. The maximum Gasteiger partial charge on any atom is 0.303 e. The summed E-state index contributed by atoms with van der Waals surface area (Å²) in [5, 5.41) is 37.8. The van der Waals surface area contributed by atoms with E-state index >= 15 is 8.78 Å². The number of rotatable bonds is 12. The highest BCUT2D eigenvalue weighted by Crippen LogP contribution is 2.39. The molecule has 0 bridgehead atoms. The van der Waals surface area contributed by atoms with Gasteiger partial charge in [-0.25, -0.2) is 8.78 Å². The van der Waals surface area contributed by atoms with Crippen LogP contribution >= 0.6 is 0 Å². The van der Waals surface area contributed by atoms with Gasteiger partial charge in [0, 0.05) is 36.7 Å². The summed E-state index contributed by atoms with van der Waals surface area (Å²) >= 11 is 0. The highest BCUT2D eigenvalue weighted by molar-refractivity contribution is 6.00. The molecule has 0 spiro atoms. The Morgan fingerprint density at radius 3 is 2.66 bits per heavy atom. The zero-order valence-electron chi connectivity index (χ0n) is 22.3. The summed E-state index contributed by atoms with van der Waals surface area (Å²) in [4.78, 5) is 17.2. The van der Waals surface area contributed by atoms with Crippen LogP contribution in [0.3, 0.4) is 0 Å². The molecule has 1 unspecified atom stereocenters. The van der Waals surface area contributed by atoms with E-state index in [1.165, 1.54) is 18.2 Å². The first-order valence-electron chi connectivity index (χ1n) is 12.9. The minimum atomic E-state index is -1.85. The Balaban J connectivity index is 1.66. The summed E-state index contributed by atoms with van der Waals surface area (Å²) in [5.41, 5.74) is 5.94. The minimum absolute atomic E-state index is 0.0764. The number of unbranched alkanes of at least 4 members (excludes halogenated alkanes) is 2. The van der Waals surface area contributed by atoms with Gasteiger partial charge in [-0.15, -0.1) is 0 Å². The number of amidine groups is 2. The summed E-state index contributed by atoms with van der Waals surface area (Å²) < 4.78 is 42.8. The lowest BCUT2D eigenvalue weighted by atomic mass is 10.0. The molecule has 218 valence electrons. The molecule has 2 heterocycles. The molecule has 0 amide bonds. The number of aliphatic carboxylic acids is 1. The summed E-state index contributed by atoms with van der Waals surface area (Å²) in [6, 6.07) is 10.3. The first-order valence-corrected chi connectivity index (χ1v) is 12.9. The van der Waals surface area contributed by atoms with Gasteiger partial charge in [0.15, 0.2) is 23.2 Å². The highest BCUT2D eigenvalue weighted by atomic mass is 19.1. The molecule has 4 rings (SSSR count). The molecule has 0 aromatic heterocycles. The second kappa shape index (κ2) is 12.7. The SMILES string of the molecule is CN1CCN=C1c1cccc(OC2C(F)=C(CCCCCC(=O)O)C(F)=C(Oc3cc(C(=N)N)ccc3O)N2O)c1. The van der Waals surface area contributed by atoms with Crippen LogP contribution in [0, 0.1) is 5.41 Å². The molecule has 0 aliphatic carbocycles. The zero-order valence-corrected chi connectivity index (χ0v) is 22.3. The highest BCUT2D eigenvalue weighted by Gasteiger charge is 2.39. The average Bonchev–Trinajstić information content (AvgIpc) is 3.37. The lowest BCUT2D eigenvalue weighted by molar-refractivity contribution is -0.176. The fourth-order valence-electron chi connectivity index (χ4n) is 4.42. The number of ether oxygens (including phenoxy) is 2. The summed E-state index contributed by atoms with van der Waals surface area (Å²) in [7, 11) is 1.88. The van der Waals surface area contributed by atoms with Gasteiger partial charge in [-0.05, 0) is 49.6 Å². The standard InChI is InChI=1S/C28H31F2N5O6/c1-34-13-12-33-26(34)17-6-5-7-18(14-17)40-27-23(29)19(8-3-2-4-9-22(37)38)24(30)28(35(27)39)41-21-15-16(25(31)32)10-11-20(21)36/h5-7,10-11,14-15,27,36,39H,2-4,8-9,12-13H2,1H3,(H3,31,32)(H,37,38). The average molecular weight is 572 g/mol. The van der Waals surface area contributed by atoms with Gasteiger partial charge in [-0.1, -0.05) is 18.6 Å². The Morgan fingerprint density at radius 1 is 1.20 bits per heavy atom. The lowest BCUT2D eigenvalue weighted by Gasteiger charge is -2.33.